The molecule has 1 saturated heterocycles. The van der Waals surface area contributed by atoms with Gasteiger partial charge in [-0.15, -0.1) is 0 Å². The van der Waals surface area contributed by atoms with E-state index in [0.717, 1.165) is 49.1 Å². The van der Waals surface area contributed by atoms with Crippen LogP contribution >= 0.6 is 11.6 Å². The van der Waals surface area contributed by atoms with Crippen LogP contribution in [0.3, 0.4) is 0 Å². The second kappa shape index (κ2) is 9.89. The Morgan fingerprint density at radius 1 is 1.18 bits per heavy atom. The van der Waals surface area contributed by atoms with E-state index in [9.17, 15) is 4.79 Å². The predicted molar refractivity (Wildman–Crippen MR) is 131 cm³/mol. The van der Waals surface area contributed by atoms with E-state index in [1.807, 2.05) is 32.0 Å². The first kappa shape index (κ1) is 23.2. The largest absolute Gasteiger partial charge is 0.354 e. The minimum absolute atomic E-state index is 0.285. The number of aromatic amines is 1. The van der Waals surface area contributed by atoms with Crippen molar-refractivity contribution in [2.24, 2.45) is 0 Å². The summed E-state index contributed by atoms with van der Waals surface area (Å²) >= 11 is 6.23. The molecule has 0 atom stereocenters. The van der Waals surface area contributed by atoms with E-state index in [4.69, 9.17) is 11.6 Å². The first-order valence-electron chi connectivity index (χ1n) is 11.2. The van der Waals surface area contributed by atoms with Gasteiger partial charge in [0.25, 0.3) is 5.91 Å². The molecule has 2 aromatic heterocycles. The van der Waals surface area contributed by atoms with Gasteiger partial charge in [-0.25, -0.2) is 15.0 Å². The number of halogens is 1. The Balaban J connectivity index is 1.44. The summed E-state index contributed by atoms with van der Waals surface area (Å²) in [5.74, 6) is 2.06. The molecule has 8 nitrogen and oxygen atoms in total. The summed E-state index contributed by atoms with van der Waals surface area (Å²) in [4.78, 5) is 34.2. The lowest BCUT2D eigenvalue weighted by Gasteiger charge is -2.37. The quantitative estimate of drug-likeness (QED) is 0.572. The molecular weight excluding hydrogens is 438 g/mol. The van der Waals surface area contributed by atoms with Gasteiger partial charge in [0.2, 0.25) is 0 Å². The van der Waals surface area contributed by atoms with Crippen LogP contribution in [0.4, 0.5) is 11.5 Å². The summed E-state index contributed by atoms with van der Waals surface area (Å²) in [6, 6.07) is 8.08. The van der Waals surface area contributed by atoms with E-state index in [0.29, 0.717) is 34.7 Å². The average Bonchev–Trinajstić information content (AvgIpc) is 3.24. The van der Waals surface area contributed by atoms with E-state index in [1.54, 1.807) is 6.07 Å². The predicted octanol–water partition coefficient (Wildman–Crippen LogP) is 3.84. The fourth-order valence-corrected chi connectivity index (χ4v) is 4.31. The molecule has 0 saturated carbocycles. The molecule has 1 aliphatic rings. The number of rotatable bonds is 6. The van der Waals surface area contributed by atoms with Crippen LogP contribution in [0.1, 0.15) is 47.2 Å². The van der Waals surface area contributed by atoms with Crippen LogP contribution in [0.15, 0.2) is 30.5 Å². The number of nitrogens with one attached hydrogen (secondary N) is 2. The van der Waals surface area contributed by atoms with Crippen molar-refractivity contribution in [3.63, 3.8) is 0 Å². The maximum atomic E-state index is 12.7. The third-order valence-corrected chi connectivity index (χ3v) is 6.24. The number of hydrogen-bond donors (Lipinski definition) is 2. The Kier molecular flexibility index (Phi) is 6.95. The fourth-order valence-electron chi connectivity index (χ4n) is 4.04. The highest BCUT2D eigenvalue weighted by Gasteiger charge is 2.21. The summed E-state index contributed by atoms with van der Waals surface area (Å²) in [5.41, 5.74) is 2.75. The van der Waals surface area contributed by atoms with Gasteiger partial charge in [-0.05, 0) is 39.3 Å². The highest BCUT2D eigenvalue weighted by Crippen LogP contribution is 2.25. The third-order valence-electron chi connectivity index (χ3n) is 5.93. The van der Waals surface area contributed by atoms with Gasteiger partial charge in [-0.1, -0.05) is 23.7 Å². The van der Waals surface area contributed by atoms with Gasteiger partial charge in [0, 0.05) is 44.7 Å². The van der Waals surface area contributed by atoms with Crippen LogP contribution in [0.25, 0.3) is 0 Å². The lowest BCUT2D eigenvalue weighted by Crippen LogP contribution is -2.49. The Labute approximate surface area is 199 Å². The number of carbonyl (C=O) groups is 1. The summed E-state index contributed by atoms with van der Waals surface area (Å²) in [5, 5.41) is 3.37. The van der Waals surface area contributed by atoms with Gasteiger partial charge < -0.3 is 15.2 Å². The van der Waals surface area contributed by atoms with Crippen molar-refractivity contribution in [3.8, 4) is 0 Å². The van der Waals surface area contributed by atoms with Gasteiger partial charge in [0.15, 0.2) is 0 Å². The zero-order chi connectivity index (χ0) is 23.5. The normalized spacial score (nSPS) is 14.7. The number of hydrogen-bond acceptors (Lipinski definition) is 6. The smallest absolute Gasteiger partial charge is 0.273 e. The molecule has 1 aromatic carbocycles. The van der Waals surface area contributed by atoms with Crippen molar-refractivity contribution in [1.82, 2.24) is 24.8 Å². The molecule has 9 heteroatoms. The van der Waals surface area contributed by atoms with Crippen molar-refractivity contribution in [2.45, 2.75) is 40.2 Å². The molecule has 1 amide bonds. The summed E-state index contributed by atoms with van der Waals surface area (Å²) in [6.07, 6.45) is 2.03. The molecule has 0 radical (unpaired) electrons. The maximum Gasteiger partial charge on any atom is 0.273 e. The van der Waals surface area contributed by atoms with Crippen molar-refractivity contribution in [1.29, 1.82) is 0 Å². The van der Waals surface area contributed by atoms with Crippen LogP contribution in [-0.4, -0.2) is 63.0 Å². The second-order valence-electron chi connectivity index (χ2n) is 8.69. The van der Waals surface area contributed by atoms with Crippen molar-refractivity contribution < 1.29 is 4.79 Å². The van der Waals surface area contributed by atoms with Crippen molar-refractivity contribution in [3.05, 3.63) is 64.1 Å². The minimum Gasteiger partial charge on any atom is -0.354 e. The molecule has 0 aliphatic carbocycles. The standard InChI is InChI=1S/C24H30ClN7O/c1-15(2)31-8-10-32(11-9-31)22-13-18(27-17(4)28-22)12-21-26-14-20(29-21)24(33)30-23-16(3)6-5-7-19(23)25/h5-7,13-15H,8-12H2,1-4H3,(H,26,29)(H,30,33). The molecule has 0 unspecified atom stereocenters. The second-order valence-corrected chi connectivity index (χ2v) is 9.09. The number of carbonyl (C=O) groups excluding carboxylic acids is 1. The third kappa shape index (κ3) is 5.51. The number of para-hydroxylation sites is 1. The van der Waals surface area contributed by atoms with Gasteiger partial charge in [-0.3, -0.25) is 9.69 Å². The van der Waals surface area contributed by atoms with Crippen LogP contribution < -0.4 is 10.2 Å². The van der Waals surface area contributed by atoms with Crippen LogP contribution in [0.5, 0.6) is 0 Å². The zero-order valence-corrected chi connectivity index (χ0v) is 20.3. The molecule has 174 valence electrons. The molecule has 3 aromatic rings. The maximum absolute atomic E-state index is 12.7. The topological polar surface area (TPSA) is 90.0 Å². The van der Waals surface area contributed by atoms with Gasteiger partial charge in [0.05, 0.1) is 22.6 Å². The van der Waals surface area contributed by atoms with Gasteiger partial charge in [-0.2, -0.15) is 0 Å². The Hall–Kier alpha value is -2.97. The molecule has 4 rings (SSSR count). The van der Waals surface area contributed by atoms with Crippen molar-refractivity contribution in [2.75, 3.05) is 36.4 Å². The first-order chi connectivity index (χ1) is 15.8. The van der Waals surface area contributed by atoms with Gasteiger partial charge >= 0.3 is 0 Å². The molecular formula is C24H30ClN7O. The first-order valence-corrected chi connectivity index (χ1v) is 11.6. The van der Waals surface area contributed by atoms with E-state index in [-0.39, 0.29) is 5.91 Å². The van der Waals surface area contributed by atoms with E-state index in [1.165, 1.54) is 6.20 Å². The number of aromatic nitrogens is 4. The summed E-state index contributed by atoms with van der Waals surface area (Å²) in [6.45, 7) is 12.2. The number of amides is 1. The van der Waals surface area contributed by atoms with Gasteiger partial charge in [0.1, 0.15) is 23.2 Å². The van der Waals surface area contributed by atoms with Crippen LogP contribution in [-0.2, 0) is 6.42 Å². The Bertz CT molecular complexity index is 1120. The average molecular weight is 468 g/mol. The molecule has 1 aliphatic heterocycles. The molecule has 0 spiro atoms. The number of H-pyrrole nitrogens is 1. The number of nitrogens with zero attached hydrogens (tertiary/aromatic N) is 5. The summed E-state index contributed by atoms with van der Waals surface area (Å²) in [7, 11) is 0. The Morgan fingerprint density at radius 3 is 2.64 bits per heavy atom. The molecule has 33 heavy (non-hydrogen) atoms. The highest BCUT2D eigenvalue weighted by molar-refractivity contribution is 6.34. The van der Waals surface area contributed by atoms with E-state index >= 15 is 0 Å². The number of benzene rings is 1. The lowest BCUT2D eigenvalue weighted by atomic mass is 10.2. The Morgan fingerprint density at radius 2 is 1.94 bits per heavy atom. The summed E-state index contributed by atoms with van der Waals surface area (Å²) < 4.78 is 0. The number of anilines is 2. The molecule has 2 N–H and O–H groups in total. The van der Waals surface area contributed by atoms with Crippen LogP contribution in [0, 0.1) is 13.8 Å². The SMILES string of the molecule is Cc1nc(Cc2ncc(C(=O)Nc3c(C)cccc3Cl)[nH]2)cc(N2CCN(C(C)C)CC2)n1. The van der Waals surface area contributed by atoms with E-state index < -0.39 is 0 Å². The number of imidazole rings is 1. The fraction of sp³-hybridized carbons (Fsp3) is 0.417. The zero-order valence-electron chi connectivity index (χ0n) is 19.5. The van der Waals surface area contributed by atoms with Crippen molar-refractivity contribution >= 4 is 29.0 Å². The molecule has 0 bridgehead atoms. The lowest BCUT2D eigenvalue weighted by molar-refractivity contribution is 0.102. The monoisotopic (exact) mass is 467 g/mol. The minimum atomic E-state index is -0.285. The van der Waals surface area contributed by atoms with E-state index in [2.05, 4.69) is 48.9 Å². The highest BCUT2D eigenvalue weighted by atomic mass is 35.5. The van der Waals surface area contributed by atoms with Crippen LogP contribution in [0.2, 0.25) is 5.02 Å². The number of aryl methyl sites for hydroxylation is 2. The molecule has 1 fully saturated rings. The molecule has 3 heterocycles. The number of piperazine rings is 1.